The van der Waals surface area contributed by atoms with Gasteiger partial charge in [0.25, 0.3) is 0 Å². The van der Waals surface area contributed by atoms with Crippen LogP contribution in [0.5, 0.6) is 0 Å². The number of amides is 2. The van der Waals surface area contributed by atoms with Crippen LogP contribution in [0.15, 0.2) is 18.2 Å². The van der Waals surface area contributed by atoms with Crippen LogP contribution in [0.1, 0.15) is 19.3 Å². The number of hydrogen-bond acceptors (Lipinski definition) is 3. The van der Waals surface area contributed by atoms with Crippen molar-refractivity contribution in [3.05, 3.63) is 29.8 Å². The fraction of sp³-hybridized carbons (Fsp3) is 0.467. The van der Waals surface area contributed by atoms with Crippen molar-refractivity contribution >= 4 is 17.7 Å². The number of rotatable bonds is 6. The van der Waals surface area contributed by atoms with E-state index in [9.17, 15) is 18.4 Å². The number of carbonyl (C=O) groups excluding carboxylic acids is 1. The molecule has 1 aliphatic heterocycles. The van der Waals surface area contributed by atoms with Crippen molar-refractivity contribution in [3.63, 3.8) is 0 Å². The Kier molecular flexibility index (Phi) is 5.72. The summed E-state index contributed by atoms with van der Waals surface area (Å²) >= 11 is 0. The van der Waals surface area contributed by atoms with Crippen LogP contribution < -0.4 is 15.5 Å². The van der Waals surface area contributed by atoms with Crippen molar-refractivity contribution in [1.29, 1.82) is 0 Å². The largest absolute Gasteiger partial charge is 0.481 e. The maximum atomic E-state index is 13.7. The SMILES string of the molecule is O=C(O)CCCNC(=O)NC1CCN(c2c(F)cccc2F)C1. The predicted octanol–water partition coefficient (Wildman–Crippen LogP) is 1.71. The highest BCUT2D eigenvalue weighted by molar-refractivity contribution is 5.74. The summed E-state index contributed by atoms with van der Waals surface area (Å²) in [7, 11) is 0. The molecule has 8 heteroatoms. The molecule has 0 radical (unpaired) electrons. The van der Waals surface area contributed by atoms with Gasteiger partial charge in [0.2, 0.25) is 0 Å². The molecule has 1 aliphatic rings. The van der Waals surface area contributed by atoms with E-state index in [0.29, 0.717) is 25.9 Å². The van der Waals surface area contributed by atoms with E-state index >= 15 is 0 Å². The Morgan fingerprint density at radius 3 is 2.65 bits per heavy atom. The second-order valence-corrected chi connectivity index (χ2v) is 5.40. The molecule has 1 saturated heterocycles. The highest BCUT2D eigenvalue weighted by Gasteiger charge is 2.27. The molecule has 0 saturated carbocycles. The molecule has 1 aromatic carbocycles. The van der Waals surface area contributed by atoms with Crippen LogP contribution >= 0.6 is 0 Å². The molecule has 126 valence electrons. The molecule has 1 heterocycles. The lowest BCUT2D eigenvalue weighted by Gasteiger charge is -2.20. The van der Waals surface area contributed by atoms with E-state index in [0.717, 1.165) is 0 Å². The number of anilines is 1. The average Bonchev–Trinajstić information content (AvgIpc) is 2.91. The normalized spacial score (nSPS) is 17.1. The Labute approximate surface area is 132 Å². The number of carboxylic acids is 1. The van der Waals surface area contributed by atoms with Gasteiger partial charge in [-0.15, -0.1) is 0 Å². The van der Waals surface area contributed by atoms with Gasteiger partial charge in [-0.3, -0.25) is 4.79 Å². The molecule has 1 unspecified atom stereocenters. The van der Waals surface area contributed by atoms with Crippen molar-refractivity contribution in [2.75, 3.05) is 24.5 Å². The second-order valence-electron chi connectivity index (χ2n) is 5.40. The number of nitrogens with one attached hydrogen (secondary N) is 2. The molecule has 0 aliphatic carbocycles. The van der Waals surface area contributed by atoms with E-state index in [4.69, 9.17) is 5.11 Å². The van der Waals surface area contributed by atoms with Gasteiger partial charge in [0.15, 0.2) is 0 Å². The van der Waals surface area contributed by atoms with Gasteiger partial charge in [-0.2, -0.15) is 0 Å². The first-order chi connectivity index (χ1) is 11.0. The fourth-order valence-corrected chi connectivity index (χ4v) is 2.55. The number of carboxylic acid groups (broad SMARTS) is 1. The summed E-state index contributed by atoms with van der Waals surface area (Å²) in [5.74, 6) is -2.15. The fourth-order valence-electron chi connectivity index (χ4n) is 2.55. The van der Waals surface area contributed by atoms with Crippen LogP contribution in [0, 0.1) is 11.6 Å². The van der Waals surface area contributed by atoms with E-state index in [-0.39, 0.29) is 24.7 Å². The lowest BCUT2D eigenvalue weighted by Crippen LogP contribution is -2.43. The topological polar surface area (TPSA) is 81.7 Å². The van der Waals surface area contributed by atoms with E-state index < -0.39 is 23.6 Å². The molecule has 0 spiro atoms. The maximum absolute atomic E-state index is 13.7. The van der Waals surface area contributed by atoms with Crippen molar-refractivity contribution in [1.82, 2.24) is 10.6 Å². The van der Waals surface area contributed by atoms with Crippen LogP contribution in [-0.4, -0.2) is 42.8 Å². The highest BCUT2D eigenvalue weighted by Crippen LogP contribution is 2.26. The van der Waals surface area contributed by atoms with Gasteiger partial charge in [-0.1, -0.05) is 6.07 Å². The smallest absolute Gasteiger partial charge is 0.315 e. The maximum Gasteiger partial charge on any atom is 0.315 e. The Morgan fingerprint density at radius 1 is 1.30 bits per heavy atom. The first-order valence-electron chi connectivity index (χ1n) is 7.42. The quantitative estimate of drug-likeness (QED) is 0.695. The monoisotopic (exact) mass is 327 g/mol. The zero-order valence-electron chi connectivity index (χ0n) is 12.5. The number of halogens is 2. The summed E-state index contributed by atoms with van der Waals surface area (Å²) in [6.07, 6.45) is 0.917. The number of urea groups is 1. The van der Waals surface area contributed by atoms with E-state index in [2.05, 4.69) is 10.6 Å². The Balaban J connectivity index is 1.79. The molecule has 1 fully saturated rings. The van der Waals surface area contributed by atoms with Crippen LogP contribution in [0.2, 0.25) is 0 Å². The van der Waals surface area contributed by atoms with Crippen molar-refractivity contribution in [3.8, 4) is 0 Å². The van der Waals surface area contributed by atoms with Gasteiger partial charge >= 0.3 is 12.0 Å². The molecule has 1 atom stereocenters. The minimum Gasteiger partial charge on any atom is -0.481 e. The Bertz CT molecular complexity index is 563. The molecule has 6 nitrogen and oxygen atoms in total. The summed E-state index contributed by atoms with van der Waals surface area (Å²) in [5, 5.41) is 13.8. The van der Waals surface area contributed by atoms with E-state index in [1.54, 1.807) is 4.90 Å². The lowest BCUT2D eigenvalue weighted by atomic mass is 10.2. The highest BCUT2D eigenvalue weighted by atomic mass is 19.1. The molecule has 2 rings (SSSR count). The zero-order chi connectivity index (χ0) is 16.8. The van der Waals surface area contributed by atoms with Crippen LogP contribution in [-0.2, 0) is 4.79 Å². The minimum atomic E-state index is -0.912. The molecule has 1 aromatic rings. The third kappa shape index (κ3) is 4.80. The molecule has 2 amide bonds. The summed E-state index contributed by atoms with van der Waals surface area (Å²) in [6.45, 7) is 1.03. The third-order valence-corrected chi connectivity index (χ3v) is 3.63. The summed E-state index contributed by atoms with van der Waals surface area (Å²) < 4.78 is 27.5. The molecule has 3 N–H and O–H groups in total. The number of carbonyl (C=O) groups is 2. The Morgan fingerprint density at radius 2 is 2.00 bits per heavy atom. The van der Waals surface area contributed by atoms with Gasteiger partial charge in [-0.25, -0.2) is 13.6 Å². The standard InChI is InChI=1S/C15H19F2N3O3/c16-11-3-1-4-12(17)14(11)20-8-6-10(9-20)19-15(23)18-7-2-5-13(21)22/h1,3-4,10H,2,5-9H2,(H,21,22)(H2,18,19,23). The molecular formula is C15H19F2N3O3. The number of benzene rings is 1. The minimum absolute atomic E-state index is 0.00987. The number of nitrogens with zero attached hydrogens (tertiary/aromatic N) is 1. The summed E-state index contributed by atoms with van der Waals surface area (Å²) in [4.78, 5) is 23.6. The number of para-hydroxylation sites is 1. The molecule has 0 bridgehead atoms. The first kappa shape index (κ1) is 17.0. The van der Waals surface area contributed by atoms with E-state index in [1.165, 1.54) is 18.2 Å². The lowest BCUT2D eigenvalue weighted by molar-refractivity contribution is -0.137. The van der Waals surface area contributed by atoms with Crippen molar-refractivity contribution in [2.24, 2.45) is 0 Å². The first-order valence-corrected chi connectivity index (χ1v) is 7.42. The zero-order valence-corrected chi connectivity index (χ0v) is 12.5. The third-order valence-electron chi connectivity index (χ3n) is 3.63. The second kappa shape index (κ2) is 7.75. The van der Waals surface area contributed by atoms with Crippen molar-refractivity contribution in [2.45, 2.75) is 25.3 Å². The van der Waals surface area contributed by atoms with Crippen LogP contribution in [0.25, 0.3) is 0 Å². The van der Waals surface area contributed by atoms with Gasteiger partial charge in [0.05, 0.1) is 0 Å². The van der Waals surface area contributed by atoms with E-state index in [1.807, 2.05) is 0 Å². The summed E-state index contributed by atoms with van der Waals surface area (Å²) in [5.41, 5.74) is -0.0707. The number of aliphatic carboxylic acids is 1. The van der Waals surface area contributed by atoms with Crippen LogP contribution in [0.4, 0.5) is 19.3 Å². The molecule has 23 heavy (non-hydrogen) atoms. The van der Waals surface area contributed by atoms with Crippen LogP contribution in [0.3, 0.4) is 0 Å². The Hall–Kier alpha value is -2.38. The van der Waals surface area contributed by atoms with Gasteiger partial charge in [0.1, 0.15) is 17.3 Å². The van der Waals surface area contributed by atoms with Gasteiger partial charge < -0.3 is 20.6 Å². The average molecular weight is 327 g/mol. The summed E-state index contributed by atoms with van der Waals surface area (Å²) in [6, 6.07) is 3.09. The van der Waals surface area contributed by atoms with Crippen molar-refractivity contribution < 1.29 is 23.5 Å². The predicted molar refractivity (Wildman–Crippen MR) is 80.4 cm³/mol. The van der Waals surface area contributed by atoms with Gasteiger partial charge in [0, 0.05) is 32.1 Å². The van der Waals surface area contributed by atoms with Gasteiger partial charge in [-0.05, 0) is 25.0 Å². The molecular weight excluding hydrogens is 308 g/mol. The number of hydrogen-bond donors (Lipinski definition) is 3. The molecule has 0 aromatic heterocycles.